The van der Waals surface area contributed by atoms with Crippen LogP contribution in [0.25, 0.3) is 0 Å². The molecule has 0 radical (unpaired) electrons. The lowest BCUT2D eigenvalue weighted by Gasteiger charge is -2.14. The number of tetrazole rings is 1. The van der Waals surface area contributed by atoms with Crippen molar-refractivity contribution in [3.05, 3.63) is 26.6 Å². The summed E-state index contributed by atoms with van der Waals surface area (Å²) in [6.07, 6.45) is 0.755. The highest BCUT2D eigenvalue weighted by Crippen LogP contribution is 2.26. The fraction of sp³-hybridized carbons (Fsp3) is 0.500. The molecule has 0 fully saturated rings. The molecule has 0 saturated heterocycles. The Labute approximate surface area is 112 Å². The molecule has 2 aromatic heterocycles. The first-order chi connectivity index (χ1) is 8.19. The molecule has 2 aromatic rings. The quantitative estimate of drug-likeness (QED) is 0.916. The second kappa shape index (κ2) is 5.70. The highest BCUT2D eigenvalue weighted by atomic mass is 79.9. The number of hydrogen-bond acceptors (Lipinski definition) is 5. The van der Waals surface area contributed by atoms with Gasteiger partial charge in [0, 0.05) is 12.5 Å². The van der Waals surface area contributed by atoms with Gasteiger partial charge in [-0.3, -0.25) is 0 Å². The minimum absolute atomic E-state index is 0.242. The summed E-state index contributed by atoms with van der Waals surface area (Å²) in [5, 5.41) is 17.7. The van der Waals surface area contributed by atoms with Gasteiger partial charge in [0.2, 0.25) is 0 Å². The molecular weight excluding hydrogens is 302 g/mol. The molecular formula is C10H14BrN5S. The number of rotatable bonds is 5. The van der Waals surface area contributed by atoms with Crippen LogP contribution in [0.2, 0.25) is 0 Å². The normalized spacial score (nSPS) is 12.9. The third-order valence-corrected chi connectivity index (χ3v) is 3.90. The lowest BCUT2D eigenvalue weighted by atomic mass is 10.1. The number of nitrogens with one attached hydrogen (secondary N) is 1. The van der Waals surface area contributed by atoms with Crippen LogP contribution in [-0.4, -0.2) is 26.8 Å². The van der Waals surface area contributed by atoms with Crippen molar-refractivity contribution in [3.63, 3.8) is 0 Å². The SMILES string of the molecule is CCNC(Cc1nnn(C)n1)c1csc(Br)c1. The van der Waals surface area contributed by atoms with Crippen LogP contribution in [0.3, 0.4) is 0 Å². The summed E-state index contributed by atoms with van der Waals surface area (Å²) in [7, 11) is 1.78. The smallest absolute Gasteiger partial charge is 0.176 e. The minimum atomic E-state index is 0.242. The Morgan fingerprint density at radius 2 is 2.41 bits per heavy atom. The molecule has 1 N–H and O–H groups in total. The van der Waals surface area contributed by atoms with Crippen LogP contribution in [0.4, 0.5) is 0 Å². The van der Waals surface area contributed by atoms with E-state index in [1.54, 1.807) is 18.4 Å². The summed E-state index contributed by atoms with van der Waals surface area (Å²) in [6, 6.07) is 2.38. The maximum absolute atomic E-state index is 4.21. The van der Waals surface area contributed by atoms with E-state index in [1.165, 1.54) is 10.4 Å². The van der Waals surface area contributed by atoms with Gasteiger partial charge < -0.3 is 5.32 Å². The third kappa shape index (κ3) is 3.34. The fourth-order valence-electron chi connectivity index (χ4n) is 1.65. The zero-order chi connectivity index (χ0) is 12.3. The number of hydrogen-bond donors (Lipinski definition) is 1. The van der Waals surface area contributed by atoms with Crippen LogP contribution in [0.1, 0.15) is 24.4 Å². The monoisotopic (exact) mass is 315 g/mol. The Balaban J connectivity index is 2.12. The largest absolute Gasteiger partial charge is 0.310 e. The van der Waals surface area contributed by atoms with Gasteiger partial charge in [0.1, 0.15) is 0 Å². The number of nitrogens with zero attached hydrogens (tertiary/aromatic N) is 4. The van der Waals surface area contributed by atoms with Gasteiger partial charge in [-0.1, -0.05) is 6.92 Å². The van der Waals surface area contributed by atoms with Gasteiger partial charge >= 0.3 is 0 Å². The Kier molecular flexibility index (Phi) is 4.25. The van der Waals surface area contributed by atoms with Crippen molar-refractivity contribution in [1.82, 2.24) is 25.5 Å². The molecule has 2 rings (SSSR count). The number of aryl methyl sites for hydroxylation is 1. The third-order valence-electron chi connectivity index (χ3n) is 2.38. The first-order valence-corrected chi connectivity index (χ1v) is 7.06. The van der Waals surface area contributed by atoms with Gasteiger partial charge in [-0.15, -0.1) is 21.5 Å². The first kappa shape index (κ1) is 12.7. The minimum Gasteiger partial charge on any atom is -0.310 e. The predicted octanol–water partition coefficient (Wildman–Crippen LogP) is 1.93. The molecule has 5 nitrogen and oxygen atoms in total. The van der Waals surface area contributed by atoms with E-state index in [9.17, 15) is 0 Å². The average molecular weight is 316 g/mol. The summed E-state index contributed by atoms with van der Waals surface area (Å²) < 4.78 is 1.14. The van der Waals surface area contributed by atoms with Gasteiger partial charge in [-0.25, -0.2) is 0 Å². The molecule has 0 aliphatic carbocycles. The maximum atomic E-state index is 4.21. The van der Waals surface area contributed by atoms with Crippen molar-refractivity contribution in [2.75, 3.05) is 6.54 Å². The molecule has 1 atom stereocenters. The number of halogens is 1. The fourth-order valence-corrected chi connectivity index (χ4v) is 2.88. The van der Waals surface area contributed by atoms with Crippen LogP contribution in [0.5, 0.6) is 0 Å². The molecule has 0 amide bonds. The highest BCUT2D eigenvalue weighted by Gasteiger charge is 2.15. The molecule has 17 heavy (non-hydrogen) atoms. The highest BCUT2D eigenvalue weighted by molar-refractivity contribution is 9.11. The van der Waals surface area contributed by atoms with Crippen molar-refractivity contribution in [1.29, 1.82) is 0 Å². The number of likely N-dealkylation sites (N-methyl/N-ethyl adjacent to an activating group) is 1. The standard InChI is InChI=1S/C10H14BrN5S/c1-3-12-8(7-4-9(11)17-6-7)5-10-13-15-16(2)14-10/h4,6,8,12H,3,5H2,1-2H3. The molecule has 0 bridgehead atoms. The van der Waals surface area contributed by atoms with E-state index in [2.05, 4.69) is 55.0 Å². The van der Waals surface area contributed by atoms with Gasteiger partial charge in [-0.2, -0.15) is 4.80 Å². The lowest BCUT2D eigenvalue weighted by Crippen LogP contribution is -2.23. The van der Waals surface area contributed by atoms with Gasteiger partial charge in [0.15, 0.2) is 5.82 Å². The predicted molar refractivity (Wildman–Crippen MR) is 70.9 cm³/mol. The van der Waals surface area contributed by atoms with Crippen LogP contribution < -0.4 is 5.32 Å². The van der Waals surface area contributed by atoms with Gasteiger partial charge in [0.05, 0.1) is 10.8 Å². The Hall–Kier alpha value is -0.790. The summed E-state index contributed by atoms with van der Waals surface area (Å²) in [4.78, 5) is 1.49. The molecule has 2 heterocycles. The molecule has 0 aromatic carbocycles. The van der Waals surface area contributed by atoms with Crippen LogP contribution in [-0.2, 0) is 13.5 Å². The number of thiophene rings is 1. The second-order valence-electron chi connectivity index (χ2n) is 3.69. The Bertz CT molecular complexity index is 481. The summed E-state index contributed by atoms with van der Waals surface area (Å²) in [5.74, 6) is 0.765. The Morgan fingerprint density at radius 1 is 1.59 bits per heavy atom. The molecule has 1 unspecified atom stereocenters. The maximum Gasteiger partial charge on any atom is 0.176 e. The van der Waals surface area contributed by atoms with Crippen LogP contribution in [0, 0.1) is 0 Å². The van der Waals surface area contributed by atoms with Crippen molar-refractivity contribution in [3.8, 4) is 0 Å². The first-order valence-electron chi connectivity index (χ1n) is 5.39. The molecule has 7 heteroatoms. The van der Waals surface area contributed by atoms with Gasteiger partial charge in [-0.05, 0) is 44.7 Å². The topological polar surface area (TPSA) is 55.6 Å². The van der Waals surface area contributed by atoms with Gasteiger partial charge in [0.25, 0.3) is 0 Å². The van der Waals surface area contributed by atoms with E-state index >= 15 is 0 Å². The molecule has 92 valence electrons. The van der Waals surface area contributed by atoms with E-state index in [1.807, 2.05) is 0 Å². The van der Waals surface area contributed by atoms with Crippen molar-refractivity contribution in [2.45, 2.75) is 19.4 Å². The summed E-state index contributed by atoms with van der Waals surface area (Å²) in [6.45, 7) is 3.01. The second-order valence-corrected chi connectivity index (χ2v) is 5.98. The molecule has 0 spiro atoms. The zero-order valence-corrected chi connectivity index (χ0v) is 12.1. The molecule has 0 aliphatic rings. The van der Waals surface area contributed by atoms with E-state index in [-0.39, 0.29) is 6.04 Å². The summed E-state index contributed by atoms with van der Waals surface area (Å²) in [5.41, 5.74) is 1.26. The number of aromatic nitrogens is 4. The van der Waals surface area contributed by atoms with E-state index < -0.39 is 0 Å². The van der Waals surface area contributed by atoms with E-state index in [0.29, 0.717) is 0 Å². The molecule has 0 saturated carbocycles. The summed E-state index contributed by atoms with van der Waals surface area (Å²) >= 11 is 5.17. The van der Waals surface area contributed by atoms with E-state index in [0.717, 1.165) is 22.6 Å². The van der Waals surface area contributed by atoms with Crippen molar-refractivity contribution >= 4 is 27.3 Å². The Morgan fingerprint density at radius 3 is 2.94 bits per heavy atom. The van der Waals surface area contributed by atoms with Crippen LogP contribution >= 0.6 is 27.3 Å². The van der Waals surface area contributed by atoms with Crippen molar-refractivity contribution in [2.24, 2.45) is 7.05 Å². The lowest BCUT2D eigenvalue weighted by molar-refractivity contribution is 0.536. The van der Waals surface area contributed by atoms with E-state index in [4.69, 9.17) is 0 Å². The van der Waals surface area contributed by atoms with Crippen LogP contribution in [0.15, 0.2) is 15.2 Å². The zero-order valence-electron chi connectivity index (χ0n) is 9.72. The molecule has 0 aliphatic heterocycles. The van der Waals surface area contributed by atoms with Crippen molar-refractivity contribution < 1.29 is 0 Å². The average Bonchev–Trinajstić information content (AvgIpc) is 2.87.